The summed E-state index contributed by atoms with van der Waals surface area (Å²) in [6, 6.07) is 0. The van der Waals surface area contributed by atoms with Gasteiger partial charge in [-0.2, -0.15) is 0 Å². The molecule has 1 amide bonds. The molecule has 5 heteroatoms. The van der Waals surface area contributed by atoms with E-state index in [1.54, 1.807) is 16.8 Å². The number of aromatic nitrogens is 1. The third-order valence-electron chi connectivity index (χ3n) is 3.82. The van der Waals surface area contributed by atoms with Crippen LogP contribution in [-0.4, -0.2) is 24.0 Å². The molecule has 1 fully saturated rings. The lowest BCUT2D eigenvalue weighted by atomic mass is 9.74. The van der Waals surface area contributed by atoms with Crippen LogP contribution in [0, 0.1) is 11.3 Å². The Morgan fingerprint density at radius 2 is 2.50 bits per heavy atom. The molecule has 1 aliphatic rings. The number of hydrogen-bond donors (Lipinski definition) is 2. The zero-order valence-corrected chi connectivity index (χ0v) is 11.8. The first-order chi connectivity index (χ1) is 8.60. The molecule has 0 radical (unpaired) electrons. The predicted octanol–water partition coefficient (Wildman–Crippen LogP) is 1.79. The molecule has 1 atom stereocenters. The predicted molar refractivity (Wildman–Crippen MR) is 73.3 cm³/mol. The fraction of sp³-hybridized carbons (Fsp3) is 0.692. The molecule has 4 nitrogen and oxygen atoms in total. The van der Waals surface area contributed by atoms with Gasteiger partial charge in [0.05, 0.1) is 17.7 Å². The summed E-state index contributed by atoms with van der Waals surface area (Å²) in [6.45, 7) is 6.64. The standard InChI is InChI=1S/C13H21N3OS/c1-13(2,10-4-3-5-14-6-10)12(17)15-7-11-8-18-9-16-11/h8-10,14H,3-7H2,1-2H3,(H,15,17). The minimum Gasteiger partial charge on any atom is -0.350 e. The van der Waals surface area contributed by atoms with Crippen LogP contribution in [0.4, 0.5) is 0 Å². The Bertz CT molecular complexity index is 383. The van der Waals surface area contributed by atoms with E-state index in [1.165, 1.54) is 0 Å². The molecule has 1 aliphatic heterocycles. The highest BCUT2D eigenvalue weighted by molar-refractivity contribution is 7.07. The Morgan fingerprint density at radius 1 is 1.67 bits per heavy atom. The zero-order valence-electron chi connectivity index (χ0n) is 11.0. The molecule has 0 aromatic carbocycles. The fourth-order valence-electron chi connectivity index (χ4n) is 2.38. The van der Waals surface area contributed by atoms with Gasteiger partial charge in [0.25, 0.3) is 0 Å². The van der Waals surface area contributed by atoms with Crippen LogP contribution in [0.15, 0.2) is 10.9 Å². The smallest absolute Gasteiger partial charge is 0.226 e. The Balaban J connectivity index is 1.89. The van der Waals surface area contributed by atoms with Crippen LogP contribution in [0.3, 0.4) is 0 Å². The van der Waals surface area contributed by atoms with Crippen LogP contribution >= 0.6 is 11.3 Å². The molecular weight excluding hydrogens is 246 g/mol. The quantitative estimate of drug-likeness (QED) is 0.874. The minimum atomic E-state index is -0.316. The van der Waals surface area contributed by atoms with E-state index in [0.717, 1.165) is 31.6 Å². The van der Waals surface area contributed by atoms with E-state index in [4.69, 9.17) is 0 Å². The van der Waals surface area contributed by atoms with Crippen LogP contribution in [0.5, 0.6) is 0 Å². The maximum atomic E-state index is 12.3. The highest BCUT2D eigenvalue weighted by Crippen LogP contribution is 2.31. The number of carbonyl (C=O) groups excluding carboxylic acids is 1. The second kappa shape index (κ2) is 5.80. The molecular formula is C13H21N3OS. The van der Waals surface area contributed by atoms with E-state index in [0.29, 0.717) is 12.5 Å². The Kier molecular flexibility index (Phi) is 4.35. The number of amides is 1. The van der Waals surface area contributed by atoms with Crippen molar-refractivity contribution in [2.24, 2.45) is 11.3 Å². The summed E-state index contributed by atoms with van der Waals surface area (Å²) in [7, 11) is 0. The van der Waals surface area contributed by atoms with Crippen LogP contribution < -0.4 is 10.6 Å². The van der Waals surface area contributed by atoms with E-state index in [9.17, 15) is 4.79 Å². The zero-order chi connectivity index (χ0) is 13.0. The number of thiazole rings is 1. The lowest BCUT2D eigenvalue weighted by Gasteiger charge is -2.35. The molecule has 0 saturated carbocycles. The summed E-state index contributed by atoms with van der Waals surface area (Å²) in [4.78, 5) is 16.5. The van der Waals surface area contributed by atoms with E-state index < -0.39 is 0 Å². The minimum absolute atomic E-state index is 0.129. The summed E-state index contributed by atoms with van der Waals surface area (Å²) < 4.78 is 0. The maximum Gasteiger partial charge on any atom is 0.226 e. The highest BCUT2D eigenvalue weighted by atomic mass is 32.1. The van der Waals surface area contributed by atoms with Crippen LogP contribution in [0.1, 0.15) is 32.4 Å². The van der Waals surface area contributed by atoms with Gasteiger partial charge in [0, 0.05) is 10.8 Å². The monoisotopic (exact) mass is 267 g/mol. The highest BCUT2D eigenvalue weighted by Gasteiger charge is 2.36. The topological polar surface area (TPSA) is 54.0 Å². The van der Waals surface area contributed by atoms with Gasteiger partial charge in [-0.3, -0.25) is 4.79 Å². The molecule has 0 aliphatic carbocycles. The van der Waals surface area contributed by atoms with Crippen molar-refractivity contribution in [3.05, 3.63) is 16.6 Å². The van der Waals surface area contributed by atoms with Gasteiger partial charge in [-0.25, -0.2) is 4.98 Å². The molecule has 0 bridgehead atoms. The van der Waals surface area contributed by atoms with Gasteiger partial charge in [0.15, 0.2) is 0 Å². The molecule has 2 rings (SSSR count). The molecule has 1 saturated heterocycles. The second-order valence-electron chi connectivity index (χ2n) is 5.43. The van der Waals surface area contributed by atoms with E-state index >= 15 is 0 Å². The summed E-state index contributed by atoms with van der Waals surface area (Å²) in [5.41, 5.74) is 2.41. The van der Waals surface area contributed by atoms with E-state index in [-0.39, 0.29) is 11.3 Å². The molecule has 1 aromatic heterocycles. The molecule has 2 heterocycles. The number of piperidine rings is 1. The second-order valence-corrected chi connectivity index (χ2v) is 6.15. The number of nitrogens with zero attached hydrogens (tertiary/aromatic N) is 1. The van der Waals surface area contributed by atoms with Gasteiger partial charge in [-0.15, -0.1) is 11.3 Å². The van der Waals surface area contributed by atoms with Crippen molar-refractivity contribution in [3.63, 3.8) is 0 Å². The van der Waals surface area contributed by atoms with Crippen molar-refractivity contribution in [1.82, 2.24) is 15.6 Å². The molecule has 2 N–H and O–H groups in total. The Hall–Kier alpha value is -0.940. The first-order valence-corrected chi connectivity index (χ1v) is 7.41. The van der Waals surface area contributed by atoms with Crippen molar-refractivity contribution >= 4 is 17.2 Å². The van der Waals surface area contributed by atoms with E-state index in [1.807, 2.05) is 19.2 Å². The first kappa shape index (κ1) is 13.5. The molecule has 100 valence electrons. The SMILES string of the molecule is CC(C)(C(=O)NCc1cscn1)C1CCCNC1. The van der Waals surface area contributed by atoms with Gasteiger partial charge in [0.1, 0.15) is 0 Å². The first-order valence-electron chi connectivity index (χ1n) is 6.47. The van der Waals surface area contributed by atoms with Crippen LogP contribution in [-0.2, 0) is 11.3 Å². The van der Waals surface area contributed by atoms with Crippen molar-refractivity contribution < 1.29 is 4.79 Å². The fourth-order valence-corrected chi connectivity index (χ4v) is 2.94. The lowest BCUT2D eigenvalue weighted by Crippen LogP contribution is -2.47. The number of nitrogens with one attached hydrogen (secondary N) is 2. The Labute approximate surface area is 112 Å². The van der Waals surface area contributed by atoms with Crippen molar-refractivity contribution in [2.75, 3.05) is 13.1 Å². The maximum absolute atomic E-state index is 12.3. The number of rotatable bonds is 4. The molecule has 0 spiro atoms. The van der Waals surface area contributed by atoms with Gasteiger partial charge in [0.2, 0.25) is 5.91 Å². The normalized spacial score (nSPS) is 20.7. The summed E-state index contributed by atoms with van der Waals surface area (Å²) >= 11 is 1.55. The molecule has 18 heavy (non-hydrogen) atoms. The van der Waals surface area contributed by atoms with Gasteiger partial charge < -0.3 is 10.6 Å². The van der Waals surface area contributed by atoms with Crippen molar-refractivity contribution in [2.45, 2.75) is 33.2 Å². The van der Waals surface area contributed by atoms with Crippen LogP contribution in [0.2, 0.25) is 0 Å². The summed E-state index contributed by atoms with van der Waals surface area (Å²) in [5.74, 6) is 0.547. The molecule has 1 unspecified atom stereocenters. The summed E-state index contributed by atoms with van der Waals surface area (Å²) in [6.07, 6.45) is 2.29. The van der Waals surface area contributed by atoms with Crippen molar-refractivity contribution in [3.8, 4) is 0 Å². The van der Waals surface area contributed by atoms with Gasteiger partial charge in [-0.05, 0) is 31.8 Å². The Morgan fingerprint density at radius 3 is 3.11 bits per heavy atom. The average Bonchev–Trinajstić information content (AvgIpc) is 2.90. The third kappa shape index (κ3) is 3.09. The van der Waals surface area contributed by atoms with Crippen molar-refractivity contribution in [1.29, 1.82) is 0 Å². The number of carbonyl (C=O) groups is 1. The lowest BCUT2D eigenvalue weighted by molar-refractivity contribution is -0.132. The molecule has 1 aromatic rings. The largest absolute Gasteiger partial charge is 0.350 e. The van der Waals surface area contributed by atoms with E-state index in [2.05, 4.69) is 15.6 Å². The van der Waals surface area contributed by atoms with Gasteiger partial charge >= 0.3 is 0 Å². The summed E-state index contributed by atoms with van der Waals surface area (Å²) in [5, 5.41) is 8.34. The van der Waals surface area contributed by atoms with Gasteiger partial charge in [-0.1, -0.05) is 13.8 Å². The van der Waals surface area contributed by atoms with Crippen LogP contribution in [0.25, 0.3) is 0 Å². The average molecular weight is 267 g/mol. The number of hydrogen-bond acceptors (Lipinski definition) is 4. The third-order valence-corrected chi connectivity index (χ3v) is 4.45.